The molecule has 0 aliphatic heterocycles. The molecule has 0 atom stereocenters. The van der Waals surface area contributed by atoms with E-state index in [1.54, 1.807) is 0 Å². The van der Waals surface area contributed by atoms with Crippen LogP contribution in [-0.4, -0.2) is 16.1 Å². The molecule has 23 heavy (non-hydrogen) atoms. The number of aromatic nitrogens is 2. The van der Waals surface area contributed by atoms with Crippen molar-refractivity contribution in [3.63, 3.8) is 0 Å². The molecule has 1 amide bonds. The zero-order chi connectivity index (χ0) is 16.1. The van der Waals surface area contributed by atoms with Crippen LogP contribution in [0.15, 0.2) is 42.5 Å². The van der Waals surface area contributed by atoms with Crippen molar-refractivity contribution in [2.24, 2.45) is 0 Å². The summed E-state index contributed by atoms with van der Waals surface area (Å²) in [6.45, 7) is 2.18. The van der Waals surface area contributed by atoms with Crippen LogP contribution in [0.5, 0.6) is 0 Å². The molecule has 0 fully saturated rings. The molecule has 0 saturated carbocycles. The number of nitrogens with one attached hydrogen (secondary N) is 1. The first-order valence-electron chi connectivity index (χ1n) is 7.89. The Labute approximate surface area is 139 Å². The zero-order valence-electron chi connectivity index (χ0n) is 13.1. The smallest absolute Gasteiger partial charge is 0.257 e. The van der Waals surface area contributed by atoms with Crippen molar-refractivity contribution in [3.05, 3.63) is 53.0 Å². The topological polar surface area (TPSA) is 54.9 Å². The van der Waals surface area contributed by atoms with Gasteiger partial charge in [0.05, 0.1) is 0 Å². The number of nitrogens with zero attached hydrogens (tertiary/aromatic N) is 2. The van der Waals surface area contributed by atoms with E-state index < -0.39 is 0 Å². The lowest BCUT2D eigenvalue weighted by Crippen LogP contribution is -2.11. The van der Waals surface area contributed by atoms with Crippen LogP contribution in [0.4, 0.5) is 5.13 Å². The fourth-order valence-corrected chi connectivity index (χ4v) is 3.21. The van der Waals surface area contributed by atoms with Gasteiger partial charge in [0.25, 0.3) is 5.91 Å². The Morgan fingerprint density at radius 3 is 2.74 bits per heavy atom. The SMILES string of the molecule is CCCCCc1nnc(NC(=O)c2ccc3ccccc3c2)s1. The van der Waals surface area contributed by atoms with Gasteiger partial charge in [-0.15, -0.1) is 10.2 Å². The van der Waals surface area contributed by atoms with Gasteiger partial charge in [-0.05, 0) is 29.3 Å². The van der Waals surface area contributed by atoms with Crippen molar-refractivity contribution in [1.82, 2.24) is 10.2 Å². The van der Waals surface area contributed by atoms with E-state index in [2.05, 4.69) is 22.4 Å². The fraction of sp³-hybridized carbons (Fsp3) is 0.278. The highest BCUT2D eigenvalue weighted by molar-refractivity contribution is 7.15. The van der Waals surface area contributed by atoms with E-state index in [-0.39, 0.29) is 5.91 Å². The monoisotopic (exact) mass is 325 g/mol. The third-order valence-corrected chi connectivity index (χ3v) is 4.59. The molecular weight excluding hydrogens is 306 g/mol. The zero-order valence-corrected chi connectivity index (χ0v) is 13.9. The summed E-state index contributed by atoms with van der Waals surface area (Å²) < 4.78 is 0. The summed E-state index contributed by atoms with van der Waals surface area (Å²) in [5, 5.41) is 14.8. The van der Waals surface area contributed by atoms with Gasteiger partial charge in [-0.1, -0.05) is 61.4 Å². The third-order valence-electron chi connectivity index (χ3n) is 3.69. The van der Waals surface area contributed by atoms with E-state index in [1.807, 2.05) is 42.5 Å². The largest absolute Gasteiger partial charge is 0.296 e. The van der Waals surface area contributed by atoms with Gasteiger partial charge in [0.1, 0.15) is 5.01 Å². The molecule has 3 rings (SSSR count). The number of anilines is 1. The molecule has 0 aliphatic carbocycles. The van der Waals surface area contributed by atoms with Crippen LogP contribution < -0.4 is 5.32 Å². The minimum Gasteiger partial charge on any atom is -0.296 e. The molecule has 0 unspecified atom stereocenters. The van der Waals surface area contributed by atoms with Crippen LogP contribution in [0.3, 0.4) is 0 Å². The average Bonchev–Trinajstić information content (AvgIpc) is 3.02. The van der Waals surface area contributed by atoms with Crippen LogP contribution in [0.1, 0.15) is 41.6 Å². The molecule has 2 aromatic carbocycles. The lowest BCUT2D eigenvalue weighted by atomic mass is 10.1. The van der Waals surface area contributed by atoms with Gasteiger partial charge in [-0.3, -0.25) is 10.1 Å². The fourth-order valence-electron chi connectivity index (χ4n) is 2.43. The van der Waals surface area contributed by atoms with Crippen LogP contribution in [0.25, 0.3) is 10.8 Å². The van der Waals surface area contributed by atoms with E-state index >= 15 is 0 Å². The van der Waals surface area contributed by atoms with Crippen LogP contribution in [0, 0.1) is 0 Å². The molecular formula is C18H19N3OS. The summed E-state index contributed by atoms with van der Waals surface area (Å²) in [7, 11) is 0. The Bertz CT molecular complexity index is 813. The third kappa shape index (κ3) is 3.93. The van der Waals surface area contributed by atoms with Gasteiger partial charge in [0.15, 0.2) is 0 Å². The van der Waals surface area contributed by atoms with E-state index in [4.69, 9.17) is 0 Å². The Morgan fingerprint density at radius 2 is 1.91 bits per heavy atom. The second kappa shape index (κ2) is 7.33. The Hall–Kier alpha value is -2.27. The molecule has 1 N–H and O–H groups in total. The van der Waals surface area contributed by atoms with Gasteiger partial charge in [0, 0.05) is 12.0 Å². The first-order valence-corrected chi connectivity index (χ1v) is 8.70. The standard InChI is InChI=1S/C18H19N3OS/c1-2-3-4-9-16-20-21-18(23-16)19-17(22)15-11-10-13-7-5-6-8-14(13)12-15/h5-8,10-12H,2-4,9H2,1H3,(H,19,21,22). The maximum Gasteiger partial charge on any atom is 0.257 e. The lowest BCUT2D eigenvalue weighted by Gasteiger charge is -2.03. The first-order chi connectivity index (χ1) is 11.3. The molecule has 0 saturated heterocycles. The Kier molecular flexibility index (Phi) is 4.98. The maximum absolute atomic E-state index is 12.4. The summed E-state index contributed by atoms with van der Waals surface area (Å²) in [6, 6.07) is 13.7. The molecule has 0 bridgehead atoms. The van der Waals surface area contributed by atoms with E-state index in [0.717, 1.165) is 28.6 Å². The molecule has 0 spiro atoms. The highest BCUT2D eigenvalue weighted by Crippen LogP contribution is 2.20. The molecule has 0 aliphatic rings. The van der Waals surface area contributed by atoms with Crippen molar-refractivity contribution in [1.29, 1.82) is 0 Å². The number of fused-ring (bicyclic) bond motifs is 1. The quantitative estimate of drug-likeness (QED) is 0.670. The van der Waals surface area contributed by atoms with E-state index in [1.165, 1.54) is 24.2 Å². The van der Waals surface area contributed by atoms with Crippen LogP contribution >= 0.6 is 11.3 Å². The number of hydrogen-bond acceptors (Lipinski definition) is 4. The van der Waals surface area contributed by atoms with Crippen molar-refractivity contribution >= 4 is 33.1 Å². The number of hydrogen-bond donors (Lipinski definition) is 1. The molecule has 4 nitrogen and oxygen atoms in total. The highest BCUT2D eigenvalue weighted by Gasteiger charge is 2.10. The summed E-state index contributed by atoms with van der Waals surface area (Å²) in [5.74, 6) is -0.146. The maximum atomic E-state index is 12.4. The molecule has 1 aromatic heterocycles. The number of amides is 1. The molecule has 0 radical (unpaired) electrons. The predicted octanol–water partition coefficient (Wildman–Crippen LogP) is 4.68. The number of benzene rings is 2. The summed E-state index contributed by atoms with van der Waals surface area (Å²) in [4.78, 5) is 12.4. The minimum atomic E-state index is -0.146. The predicted molar refractivity (Wildman–Crippen MR) is 95.0 cm³/mol. The Morgan fingerprint density at radius 1 is 1.09 bits per heavy atom. The summed E-state index contributed by atoms with van der Waals surface area (Å²) in [5.41, 5.74) is 0.631. The summed E-state index contributed by atoms with van der Waals surface area (Å²) >= 11 is 1.46. The average molecular weight is 325 g/mol. The second-order valence-electron chi connectivity index (χ2n) is 5.47. The summed E-state index contributed by atoms with van der Waals surface area (Å²) in [6.07, 6.45) is 4.42. The van der Waals surface area contributed by atoms with E-state index in [0.29, 0.717) is 10.7 Å². The molecule has 118 valence electrons. The number of unbranched alkanes of at least 4 members (excludes halogenated alkanes) is 2. The second-order valence-corrected chi connectivity index (χ2v) is 6.54. The number of rotatable bonds is 6. The van der Waals surface area contributed by atoms with Gasteiger partial charge in [-0.2, -0.15) is 0 Å². The number of carbonyl (C=O) groups is 1. The lowest BCUT2D eigenvalue weighted by molar-refractivity contribution is 0.102. The molecule has 5 heteroatoms. The van der Waals surface area contributed by atoms with Crippen LogP contribution in [0.2, 0.25) is 0 Å². The van der Waals surface area contributed by atoms with Gasteiger partial charge in [-0.25, -0.2) is 0 Å². The van der Waals surface area contributed by atoms with Crippen molar-refractivity contribution in [2.45, 2.75) is 32.6 Å². The van der Waals surface area contributed by atoms with Gasteiger partial charge < -0.3 is 0 Å². The first kappa shape index (κ1) is 15.6. The van der Waals surface area contributed by atoms with Crippen molar-refractivity contribution < 1.29 is 4.79 Å². The number of aryl methyl sites for hydroxylation is 1. The van der Waals surface area contributed by atoms with Crippen molar-refractivity contribution in [2.75, 3.05) is 5.32 Å². The van der Waals surface area contributed by atoms with Crippen LogP contribution in [-0.2, 0) is 6.42 Å². The Balaban J connectivity index is 1.68. The normalized spacial score (nSPS) is 10.8. The van der Waals surface area contributed by atoms with E-state index in [9.17, 15) is 4.79 Å². The number of carbonyl (C=O) groups excluding carboxylic acids is 1. The van der Waals surface area contributed by atoms with Gasteiger partial charge >= 0.3 is 0 Å². The molecule has 3 aromatic rings. The van der Waals surface area contributed by atoms with Crippen molar-refractivity contribution in [3.8, 4) is 0 Å². The highest BCUT2D eigenvalue weighted by atomic mass is 32.1. The molecule has 1 heterocycles. The van der Waals surface area contributed by atoms with Gasteiger partial charge in [0.2, 0.25) is 5.13 Å². The minimum absolute atomic E-state index is 0.146.